The summed E-state index contributed by atoms with van der Waals surface area (Å²) < 4.78 is 0. The number of rotatable bonds is 0. The van der Waals surface area contributed by atoms with E-state index in [2.05, 4.69) is 39.4 Å². The molecule has 1 aliphatic carbocycles. The molecule has 2 aromatic rings. The van der Waals surface area contributed by atoms with Gasteiger partial charge in [-0.3, -0.25) is 0 Å². The number of nitrogens with one attached hydrogen (secondary N) is 1. The van der Waals surface area contributed by atoms with Crippen LogP contribution in [0, 0.1) is 12.8 Å². The molecule has 0 saturated heterocycles. The smallest absolute Gasteiger partial charge is 0.223 e. The van der Waals surface area contributed by atoms with Crippen molar-refractivity contribution in [3.63, 3.8) is 0 Å². The van der Waals surface area contributed by atoms with Crippen LogP contribution in [-0.4, -0.2) is 31.1 Å². The summed E-state index contributed by atoms with van der Waals surface area (Å²) in [4.78, 5) is 14.2. The molecule has 0 bridgehead atoms. The van der Waals surface area contributed by atoms with Crippen LogP contribution in [0.3, 0.4) is 0 Å². The third-order valence-electron chi connectivity index (χ3n) is 2.61. The Bertz CT molecular complexity index is 607. The second-order valence-electron chi connectivity index (χ2n) is 4.12. The van der Waals surface area contributed by atoms with Crippen molar-refractivity contribution in [3.8, 4) is 12.8 Å². The number of aromatic nitrogens is 4. The lowest BCUT2D eigenvalue weighted by Crippen LogP contribution is -1.95. The first-order chi connectivity index (χ1) is 9.56. The van der Waals surface area contributed by atoms with Gasteiger partial charge in [-0.15, -0.1) is 12.8 Å². The minimum absolute atomic E-state index is 0.0764. The highest BCUT2D eigenvalue weighted by atomic mass is 35.5. The van der Waals surface area contributed by atoms with E-state index in [1.54, 1.807) is 0 Å². The Morgan fingerprint density at radius 3 is 2.65 bits per heavy atom. The first-order valence-corrected chi connectivity index (χ1v) is 6.24. The number of anilines is 1. The van der Waals surface area contributed by atoms with Gasteiger partial charge in [-0.1, -0.05) is 23.8 Å². The number of aliphatic hydroxyl groups excluding tert-OH is 1. The minimum atomic E-state index is -0.0764. The van der Waals surface area contributed by atoms with E-state index in [0.717, 1.165) is 19.3 Å². The number of fused-ring (bicyclic) bond motifs is 1. The van der Waals surface area contributed by atoms with E-state index in [4.69, 9.17) is 22.4 Å². The Morgan fingerprint density at radius 2 is 2.15 bits per heavy atom. The van der Waals surface area contributed by atoms with Crippen LogP contribution < -0.4 is 5.73 Å². The molecule has 0 radical (unpaired) electrons. The van der Waals surface area contributed by atoms with Gasteiger partial charge in [0.25, 0.3) is 0 Å². The molecular formula is C13H16ClN5O. The number of terminal acetylenes is 1. The number of H-pyrrole nitrogens is 1. The molecule has 1 saturated carbocycles. The highest BCUT2D eigenvalue weighted by Crippen LogP contribution is 2.21. The molecule has 4 N–H and O–H groups in total. The van der Waals surface area contributed by atoms with Crippen molar-refractivity contribution in [2.45, 2.75) is 25.4 Å². The standard InChI is InChI=1S/C6H10O.C5H4ClN5.C2H2/c1-5-2-3-6(7)4-5;6-3-2-4(9-1-8-2)11-5(7)10-3;1-2/h6-7H,1-4H2;1H,(H3,7,8,9,10,11);1-2H/t6-;;/m0../s1. The normalized spacial score (nSPS) is 17.0. The summed E-state index contributed by atoms with van der Waals surface area (Å²) in [5.41, 5.74) is 7.63. The third-order valence-corrected chi connectivity index (χ3v) is 2.89. The molecule has 0 aromatic carbocycles. The van der Waals surface area contributed by atoms with Crippen LogP contribution in [0.25, 0.3) is 11.2 Å². The second-order valence-corrected chi connectivity index (χ2v) is 4.48. The van der Waals surface area contributed by atoms with E-state index in [-0.39, 0.29) is 12.1 Å². The van der Waals surface area contributed by atoms with Crippen LogP contribution in [0.2, 0.25) is 5.15 Å². The Morgan fingerprint density at radius 1 is 1.45 bits per heavy atom. The Kier molecular flexibility index (Phi) is 5.97. The average molecular weight is 294 g/mol. The summed E-state index contributed by atoms with van der Waals surface area (Å²) in [5.74, 6) is 0.134. The molecule has 0 unspecified atom stereocenters. The van der Waals surface area contributed by atoms with Crippen LogP contribution in [0.4, 0.5) is 5.95 Å². The molecule has 1 fully saturated rings. The predicted molar refractivity (Wildman–Crippen MR) is 80.0 cm³/mol. The molecule has 20 heavy (non-hydrogen) atoms. The first-order valence-electron chi connectivity index (χ1n) is 5.86. The van der Waals surface area contributed by atoms with Gasteiger partial charge in [0, 0.05) is 0 Å². The lowest BCUT2D eigenvalue weighted by molar-refractivity contribution is 0.186. The summed E-state index contributed by atoms with van der Waals surface area (Å²) in [6.07, 6.45) is 12.2. The van der Waals surface area contributed by atoms with E-state index >= 15 is 0 Å². The number of aromatic amines is 1. The van der Waals surface area contributed by atoms with Crippen molar-refractivity contribution in [3.05, 3.63) is 23.6 Å². The van der Waals surface area contributed by atoms with Crippen LogP contribution >= 0.6 is 11.6 Å². The first kappa shape index (κ1) is 16.0. The van der Waals surface area contributed by atoms with Gasteiger partial charge in [-0.2, -0.15) is 9.97 Å². The van der Waals surface area contributed by atoms with Crippen molar-refractivity contribution < 1.29 is 5.11 Å². The van der Waals surface area contributed by atoms with Crippen molar-refractivity contribution in [1.29, 1.82) is 0 Å². The number of nitrogen functional groups attached to an aromatic ring is 1. The molecular weight excluding hydrogens is 278 g/mol. The molecule has 2 heterocycles. The van der Waals surface area contributed by atoms with Gasteiger partial charge in [-0.05, 0) is 19.3 Å². The van der Waals surface area contributed by atoms with Gasteiger partial charge in [-0.25, -0.2) is 4.98 Å². The molecule has 106 valence electrons. The molecule has 0 amide bonds. The van der Waals surface area contributed by atoms with Crippen molar-refractivity contribution in [1.82, 2.24) is 19.9 Å². The quantitative estimate of drug-likeness (QED) is 0.391. The fourth-order valence-corrected chi connectivity index (χ4v) is 1.95. The predicted octanol–water partition coefficient (Wildman–Crippen LogP) is 1.93. The van der Waals surface area contributed by atoms with E-state index in [9.17, 15) is 0 Å². The van der Waals surface area contributed by atoms with Crippen molar-refractivity contribution in [2.24, 2.45) is 0 Å². The van der Waals surface area contributed by atoms with Gasteiger partial charge in [0.1, 0.15) is 5.52 Å². The SMILES string of the molecule is C#C.C=C1CC[C@H](O)C1.Nc1nc(Cl)c2[nH]cnc2n1. The Balaban J connectivity index is 0.000000193. The minimum Gasteiger partial charge on any atom is -0.393 e. The van der Waals surface area contributed by atoms with Crippen LogP contribution in [0.15, 0.2) is 18.5 Å². The fourth-order valence-electron chi connectivity index (χ4n) is 1.72. The summed E-state index contributed by atoms with van der Waals surface area (Å²) >= 11 is 5.70. The van der Waals surface area contributed by atoms with Crippen molar-refractivity contribution in [2.75, 3.05) is 5.73 Å². The molecule has 1 aliphatic rings. The van der Waals surface area contributed by atoms with Crippen LogP contribution in [0.1, 0.15) is 19.3 Å². The zero-order valence-electron chi connectivity index (χ0n) is 10.9. The van der Waals surface area contributed by atoms with Gasteiger partial charge in [0.05, 0.1) is 12.4 Å². The number of aliphatic hydroxyl groups is 1. The van der Waals surface area contributed by atoms with Crippen molar-refractivity contribution >= 4 is 28.7 Å². The zero-order chi connectivity index (χ0) is 15.1. The molecule has 7 heteroatoms. The molecule has 6 nitrogen and oxygen atoms in total. The van der Waals surface area contributed by atoms with E-state index < -0.39 is 0 Å². The van der Waals surface area contributed by atoms with E-state index in [1.807, 2.05) is 0 Å². The highest BCUT2D eigenvalue weighted by molar-refractivity contribution is 6.33. The number of nitrogens with zero attached hydrogens (tertiary/aromatic N) is 3. The number of nitrogens with two attached hydrogens (primary N) is 1. The maximum Gasteiger partial charge on any atom is 0.223 e. The monoisotopic (exact) mass is 293 g/mol. The number of imidazole rings is 1. The number of halogens is 1. The molecule has 3 rings (SSSR count). The fraction of sp³-hybridized carbons (Fsp3) is 0.308. The van der Waals surface area contributed by atoms with E-state index in [1.165, 1.54) is 11.9 Å². The van der Waals surface area contributed by atoms with Gasteiger partial charge < -0.3 is 15.8 Å². The van der Waals surface area contributed by atoms with Gasteiger partial charge >= 0.3 is 0 Å². The van der Waals surface area contributed by atoms with Crippen LogP contribution in [-0.2, 0) is 0 Å². The molecule has 0 spiro atoms. The molecule has 1 atom stereocenters. The Hall–Kier alpha value is -2.10. The largest absolute Gasteiger partial charge is 0.393 e. The summed E-state index contributed by atoms with van der Waals surface area (Å²) in [7, 11) is 0. The third kappa shape index (κ3) is 4.23. The van der Waals surface area contributed by atoms with Gasteiger partial charge in [0.2, 0.25) is 5.95 Å². The summed E-state index contributed by atoms with van der Waals surface area (Å²) in [6, 6.07) is 0. The average Bonchev–Trinajstić information content (AvgIpc) is 3.01. The zero-order valence-corrected chi connectivity index (χ0v) is 11.6. The maximum atomic E-state index is 8.84. The van der Waals surface area contributed by atoms with Crippen LogP contribution in [0.5, 0.6) is 0 Å². The number of hydrogen-bond donors (Lipinski definition) is 3. The summed E-state index contributed by atoms with van der Waals surface area (Å²) in [5, 5.41) is 9.14. The maximum absolute atomic E-state index is 8.84. The van der Waals surface area contributed by atoms with Gasteiger partial charge in [0.15, 0.2) is 10.8 Å². The number of hydrogen-bond acceptors (Lipinski definition) is 5. The lowest BCUT2D eigenvalue weighted by atomic mass is 10.3. The molecule has 0 aliphatic heterocycles. The lowest BCUT2D eigenvalue weighted by Gasteiger charge is -1.92. The van der Waals surface area contributed by atoms with E-state index in [0.29, 0.717) is 16.3 Å². The Labute approximate surface area is 122 Å². The topological polar surface area (TPSA) is 101 Å². The highest BCUT2D eigenvalue weighted by Gasteiger charge is 2.13. The molecule has 2 aromatic heterocycles. The second kappa shape index (κ2) is 7.48. The summed E-state index contributed by atoms with van der Waals surface area (Å²) in [6.45, 7) is 3.74.